The highest BCUT2D eigenvalue weighted by Crippen LogP contribution is 2.36. The molecule has 2 aromatic carbocycles. The zero-order valence-corrected chi connectivity index (χ0v) is 25.0. The molecule has 210 valence electrons. The van der Waals surface area contributed by atoms with Crippen LogP contribution in [0.25, 0.3) is 17.4 Å². The average molecular weight is 638 g/mol. The number of aromatic nitrogens is 1. The van der Waals surface area contributed by atoms with Crippen LogP contribution in [0.4, 0.5) is 0 Å². The lowest BCUT2D eigenvalue weighted by molar-refractivity contribution is -0.139. The summed E-state index contributed by atoms with van der Waals surface area (Å²) in [6, 6.07) is 15.4. The van der Waals surface area contributed by atoms with Crippen LogP contribution in [0.1, 0.15) is 38.1 Å². The van der Waals surface area contributed by atoms with E-state index in [4.69, 9.17) is 18.6 Å². The lowest BCUT2D eigenvalue weighted by Gasteiger charge is -2.25. The number of methoxy groups -OCH3 is 1. The summed E-state index contributed by atoms with van der Waals surface area (Å²) >= 11 is 4.62. The summed E-state index contributed by atoms with van der Waals surface area (Å²) in [4.78, 5) is 43.6. The van der Waals surface area contributed by atoms with Crippen molar-refractivity contribution in [2.75, 3.05) is 13.7 Å². The highest BCUT2D eigenvalue weighted by Gasteiger charge is 2.34. The van der Waals surface area contributed by atoms with E-state index in [0.717, 1.165) is 10.0 Å². The van der Waals surface area contributed by atoms with Crippen molar-refractivity contribution in [1.29, 1.82) is 0 Å². The van der Waals surface area contributed by atoms with Gasteiger partial charge in [0.25, 0.3) is 5.56 Å². The number of carbonyl (C=O) groups is 2. The first kappa shape index (κ1) is 28.3. The van der Waals surface area contributed by atoms with E-state index >= 15 is 0 Å². The van der Waals surface area contributed by atoms with Gasteiger partial charge in [-0.2, -0.15) is 0 Å². The van der Waals surface area contributed by atoms with Gasteiger partial charge in [0.1, 0.15) is 11.5 Å². The Balaban J connectivity index is 1.64. The van der Waals surface area contributed by atoms with Crippen LogP contribution in [0.3, 0.4) is 0 Å². The fraction of sp³-hybridized carbons (Fsp3) is 0.200. The van der Waals surface area contributed by atoms with Crippen LogP contribution in [-0.2, 0) is 14.3 Å². The molecular formula is C30H25BrN2O7S. The molecule has 0 radical (unpaired) electrons. The number of ether oxygens (including phenoxy) is 3. The van der Waals surface area contributed by atoms with Crippen molar-refractivity contribution in [2.24, 2.45) is 4.99 Å². The van der Waals surface area contributed by atoms with Gasteiger partial charge in [-0.25, -0.2) is 9.79 Å². The van der Waals surface area contributed by atoms with Crippen LogP contribution in [-0.4, -0.2) is 30.2 Å². The fourth-order valence-electron chi connectivity index (χ4n) is 4.53. The third-order valence-corrected chi connectivity index (χ3v) is 7.81. The number of benzene rings is 2. The number of rotatable bonds is 7. The molecule has 3 heterocycles. The summed E-state index contributed by atoms with van der Waals surface area (Å²) in [6.07, 6.45) is 1.66. The Kier molecular flexibility index (Phi) is 8.09. The molecule has 0 bridgehead atoms. The van der Waals surface area contributed by atoms with Gasteiger partial charge in [0.2, 0.25) is 0 Å². The van der Waals surface area contributed by atoms with E-state index in [0.29, 0.717) is 32.1 Å². The predicted octanol–water partition coefficient (Wildman–Crippen LogP) is 4.75. The monoisotopic (exact) mass is 636 g/mol. The standard InChI is InChI=1S/C30H25BrN2O7S/c1-5-38-29(36)26-16(2)32-30-33(27(26)19-8-12-23(39-17(3)34)24(14-19)37-4)28(35)25(41-30)15-21-11-13-22(40-21)18-6-9-20(31)10-7-18/h6-15,27H,5H2,1-4H3/b25-15-. The Hall–Kier alpha value is -4.22. The Morgan fingerprint density at radius 1 is 1.12 bits per heavy atom. The van der Waals surface area contributed by atoms with E-state index in [2.05, 4.69) is 20.9 Å². The van der Waals surface area contributed by atoms with E-state index in [1.54, 1.807) is 44.2 Å². The predicted molar refractivity (Wildman–Crippen MR) is 157 cm³/mol. The maximum absolute atomic E-state index is 13.9. The summed E-state index contributed by atoms with van der Waals surface area (Å²) in [5, 5.41) is 0. The number of fused-ring (bicyclic) bond motifs is 1. The minimum atomic E-state index is -0.859. The number of thiazole rings is 1. The number of carbonyl (C=O) groups excluding carboxylic acids is 2. The van der Waals surface area contributed by atoms with E-state index in [-0.39, 0.29) is 29.2 Å². The molecule has 0 saturated heterocycles. The molecule has 2 aromatic heterocycles. The van der Waals surface area contributed by atoms with Gasteiger partial charge >= 0.3 is 11.9 Å². The number of hydrogen-bond acceptors (Lipinski definition) is 9. The molecule has 0 saturated carbocycles. The first-order chi connectivity index (χ1) is 19.7. The number of esters is 2. The summed E-state index contributed by atoms with van der Waals surface area (Å²) in [5.41, 5.74) is 1.76. The number of furan rings is 1. The Bertz CT molecular complexity index is 1870. The topological polar surface area (TPSA) is 109 Å². The molecule has 0 N–H and O–H groups in total. The molecular weight excluding hydrogens is 612 g/mol. The van der Waals surface area contributed by atoms with Crippen molar-refractivity contribution in [3.63, 3.8) is 0 Å². The molecule has 0 amide bonds. The van der Waals surface area contributed by atoms with Crippen LogP contribution in [0.2, 0.25) is 0 Å². The van der Waals surface area contributed by atoms with Crippen molar-refractivity contribution in [3.8, 4) is 22.8 Å². The molecule has 5 rings (SSSR count). The highest BCUT2D eigenvalue weighted by molar-refractivity contribution is 9.10. The molecule has 0 aliphatic carbocycles. The van der Waals surface area contributed by atoms with E-state index < -0.39 is 18.0 Å². The molecule has 1 atom stereocenters. The van der Waals surface area contributed by atoms with Gasteiger partial charge in [-0.15, -0.1) is 0 Å². The van der Waals surface area contributed by atoms with Gasteiger partial charge in [-0.05, 0) is 55.8 Å². The van der Waals surface area contributed by atoms with E-state index in [1.807, 2.05) is 30.3 Å². The maximum Gasteiger partial charge on any atom is 0.338 e. The molecule has 1 aliphatic heterocycles. The molecule has 4 aromatic rings. The van der Waals surface area contributed by atoms with Crippen molar-refractivity contribution in [2.45, 2.75) is 26.8 Å². The normalized spacial score (nSPS) is 14.9. The number of nitrogens with zero attached hydrogens (tertiary/aromatic N) is 2. The second-order valence-electron chi connectivity index (χ2n) is 9.02. The van der Waals surface area contributed by atoms with E-state index in [9.17, 15) is 14.4 Å². The average Bonchev–Trinajstić information content (AvgIpc) is 3.52. The highest BCUT2D eigenvalue weighted by atomic mass is 79.9. The quantitative estimate of drug-likeness (QED) is 0.213. The molecule has 0 fully saturated rings. The van der Waals surface area contributed by atoms with Crippen molar-refractivity contribution >= 4 is 45.3 Å². The van der Waals surface area contributed by atoms with Crippen LogP contribution in [0.5, 0.6) is 11.5 Å². The lowest BCUT2D eigenvalue weighted by atomic mass is 9.95. The third kappa shape index (κ3) is 5.68. The molecule has 11 heteroatoms. The maximum atomic E-state index is 13.9. The van der Waals surface area contributed by atoms with Gasteiger partial charge in [-0.3, -0.25) is 14.2 Å². The van der Waals surface area contributed by atoms with Crippen molar-refractivity contribution < 1.29 is 28.2 Å². The zero-order valence-electron chi connectivity index (χ0n) is 22.6. The lowest BCUT2D eigenvalue weighted by Crippen LogP contribution is -2.39. The zero-order chi connectivity index (χ0) is 29.3. The van der Waals surface area contributed by atoms with Crippen LogP contribution in [0.15, 0.2) is 84.5 Å². The fourth-order valence-corrected chi connectivity index (χ4v) is 5.82. The molecule has 0 spiro atoms. The van der Waals surface area contributed by atoms with Gasteiger partial charge < -0.3 is 18.6 Å². The van der Waals surface area contributed by atoms with Crippen LogP contribution < -0.4 is 24.4 Å². The van der Waals surface area contributed by atoms with Gasteiger partial charge in [0.05, 0.1) is 35.6 Å². The van der Waals surface area contributed by atoms with Gasteiger partial charge in [0, 0.05) is 23.0 Å². The van der Waals surface area contributed by atoms with Gasteiger partial charge in [0.15, 0.2) is 16.3 Å². The summed E-state index contributed by atoms with van der Waals surface area (Å²) in [5.74, 6) is 0.561. The molecule has 9 nitrogen and oxygen atoms in total. The van der Waals surface area contributed by atoms with Gasteiger partial charge in [-0.1, -0.05) is 45.5 Å². The first-order valence-electron chi connectivity index (χ1n) is 12.6. The van der Waals surface area contributed by atoms with E-state index in [1.165, 1.54) is 29.9 Å². The minimum absolute atomic E-state index is 0.153. The molecule has 1 unspecified atom stereocenters. The summed E-state index contributed by atoms with van der Waals surface area (Å²) in [7, 11) is 1.44. The Labute approximate surface area is 247 Å². The van der Waals surface area contributed by atoms with Crippen molar-refractivity contribution in [3.05, 3.63) is 101 Å². The molecule has 41 heavy (non-hydrogen) atoms. The Morgan fingerprint density at radius 3 is 2.56 bits per heavy atom. The second-order valence-corrected chi connectivity index (χ2v) is 10.9. The van der Waals surface area contributed by atoms with Crippen LogP contribution in [0, 0.1) is 0 Å². The molecule has 1 aliphatic rings. The first-order valence-corrected chi connectivity index (χ1v) is 14.2. The number of halogens is 1. The number of allylic oxidation sites excluding steroid dienone is 1. The third-order valence-electron chi connectivity index (χ3n) is 6.30. The SMILES string of the molecule is CCOC(=O)C1=C(C)N=c2s/c(=C\c3ccc(-c4ccc(Br)cc4)o3)c(=O)n2C1c1ccc(OC(C)=O)c(OC)c1. The minimum Gasteiger partial charge on any atom is -0.493 e. The second kappa shape index (κ2) is 11.7. The largest absolute Gasteiger partial charge is 0.493 e. The number of hydrogen-bond donors (Lipinski definition) is 0. The smallest absolute Gasteiger partial charge is 0.338 e. The summed E-state index contributed by atoms with van der Waals surface area (Å²) in [6.45, 7) is 4.86. The Morgan fingerprint density at radius 2 is 1.88 bits per heavy atom. The summed E-state index contributed by atoms with van der Waals surface area (Å²) < 4.78 is 24.9. The van der Waals surface area contributed by atoms with Crippen molar-refractivity contribution in [1.82, 2.24) is 4.57 Å². The van der Waals surface area contributed by atoms with Crippen LogP contribution >= 0.6 is 27.3 Å².